The zero-order valence-electron chi connectivity index (χ0n) is 11.6. The van der Waals surface area contributed by atoms with Crippen LogP contribution in [0.3, 0.4) is 0 Å². The van der Waals surface area contributed by atoms with Crippen molar-refractivity contribution in [2.24, 2.45) is 5.92 Å². The molecular formula is C14H28N2O. The Hall–Kier alpha value is -0.120. The first-order valence-corrected chi connectivity index (χ1v) is 7.21. The van der Waals surface area contributed by atoms with Crippen LogP contribution in [0.25, 0.3) is 0 Å². The molecule has 0 aromatic carbocycles. The average Bonchev–Trinajstić information content (AvgIpc) is 2.72. The van der Waals surface area contributed by atoms with Crippen molar-refractivity contribution in [3.63, 3.8) is 0 Å². The van der Waals surface area contributed by atoms with Crippen molar-refractivity contribution in [3.05, 3.63) is 0 Å². The third-order valence-corrected chi connectivity index (χ3v) is 4.44. The molecule has 17 heavy (non-hydrogen) atoms. The van der Waals surface area contributed by atoms with E-state index in [4.69, 9.17) is 4.74 Å². The second-order valence-corrected chi connectivity index (χ2v) is 5.97. The normalized spacial score (nSPS) is 31.8. The van der Waals surface area contributed by atoms with Gasteiger partial charge in [-0.3, -0.25) is 4.90 Å². The second kappa shape index (κ2) is 6.17. The molecule has 100 valence electrons. The van der Waals surface area contributed by atoms with Gasteiger partial charge in [-0.25, -0.2) is 0 Å². The van der Waals surface area contributed by atoms with E-state index in [9.17, 15) is 0 Å². The molecule has 0 spiro atoms. The molecule has 2 aliphatic heterocycles. The van der Waals surface area contributed by atoms with Gasteiger partial charge < -0.3 is 10.1 Å². The van der Waals surface area contributed by atoms with Crippen LogP contribution in [-0.2, 0) is 4.74 Å². The Bertz CT molecular complexity index is 232. The van der Waals surface area contributed by atoms with E-state index in [2.05, 4.69) is 24.1 Å². The molecule has 2 fully saturated rings. The van der Waals surface area contributed by atoms with Crippen LogP contribution >= 0.6 is 0 Å². The topological polar surface area (TPSA) is 24.5 Å². The lowest BCUT2D eigenvalue weighted by Crippen LogP contribution is -2.50. The maximum atomic E-state index is 5.34. The minimum Gasteiger partial charge on any atom is -0.383 e. The maximum Gasteiger partial charge on any atom is 0.0618 e. The zero-order valence-corrected chi connectivity index (χ0v) is 11.6. The SMILES string of the molecule is COCC(NC1CCN2CCCCC12)C(C)C. The predicted molar refractivity (Wildman–Crippen MR) is 71.3 cm³/mol. The van der Waals surface area contributed by atoms with Gasteiger partial charge >= 0.3 is 0 Å². The van der Waals surface area contributed by atoms with Gasteiger partial charge in [-0.2, -0.15) is 0 Å². The molecule has 1 N–H and O–H groups in total. The molecule has 0 bridgehead atoms. The molecule has 0 radical (unpaired) electrons. The number of ether oxygens (including phenoxy) is 1. The summed E-state index contributed by atoms with van der Waals surface area (Å²) in [6.07, 6.45) is 5.51. The zero-order chi connectivity index (χ0) is 12.3. The molecular weight excluding hydrogens is 212 g/mol. The fraction of sp³-hybridized carbons (Fsp3) is 1.00. The van der Waals surface area contributed by atoms with Crippen LogP contribution in [-0.4, -0.2) is 49.8 Å². The third kappa shape index (κ3) is 3.21. The highest BCUT2D eigenvalue weighted by molar-refractivity contribution is 4.95. The summed E-state index contributed by atoms with van der Waals surface area (Å²) in [7, 11) is 1.80. The molecule has 0 aromatic rings. The van der Waals surface area contributed by atoms with E-state index in [1.165, 1.54) is 38.8 Å². The van der Waals surface area contributed by atoms with Crippen molar-refractivity contribution < 1.29 is 4.74 Å². The fourth-order valence-electron chi connectivity index (χ4n) is 3.33. The largest absolute Gasteiger partial charge is 0.383 e. The van der Waals surface area contributed by atoms with Gasteiger partial charge in [0.2, 0.25) is 0 Å². The smallest absolute Gasteiger partial charge is 0.0618 e. The summed E-state index contributed by atoms with van der Waals surface area (Å²) in [4.78, 5) is 2.69. The lowest BCUT2D eigenvalue weighted by Gasteiger charge is -2.35. The molecule has 3 nitrogen and oxygen atoms in total. The molecule has 0 aromatic heterocycles. The van der Waals surface area contributed by atoms with Gasteiger partial charge in [0, 0.05) is 31.8 Å². The van der Waals surface area contributed by atoms with Gasteiger partial charge in [-0.15, -0.1) is 0 Å². The van der Waals surface area contributed by atoms with Crippen LogP contribution in [0.1, 0.15) is 39.5 Å². The molecule has 2 rings (SSSR count). The van der Waals surface area contributed by atoms with Gasteiger partial charge in [0.05, 0.1) is 6.61 Å². The lowest BCUT2D eigenvalue weighted by atomic mass is 9.96. The highest BCUT2D eigenvalue weighted by Gasteiger charge is 2.36. The lowest BCUT2D eigenvalue weighted by molar-refractivity contribution is 0.125. The number of piperidine rings is 1. The Labute approximate surface area is 106 Å². The van der Waals surface area contributed by atoms with E-state index in [0.29, 0.717) is 18.0 Å². The van der Waals surface area contributed by atoms with E-state index < -0.39 is 0 Å². The first-order chi connectivity index (χ1) is 8.22. The van der Waals surface area contributed by atoms with Crippen molar-refractivity contribution in [1.29, 1.82) is 0 Å². The first-order valence-electron chi connectivity index (χ1n) is 7.21. The van der Waals surface area contributed by atoms with Gasteiger partial charge in [-0.05, 0) is 31.7 Å². The summed E-state index contributed by atoms with van der Waals surface area (Å²) >= 11 is 0. The molecule has 2 heterocycles. The number of methoxy groups -OCH3 is 1. The van der Waals surface area contributed by atoms with Crippen molar-refractivity contribution >= 4 is 0 Å². The number of fused-ring (bicyclic) bond motifs is 1. The standard InChI is InChI=1S/C14H28N2O/c1-11(2)13(10-17-3)15-12-7-9-16-8-5-4-6-14(12)16/h11-15H,4-10H2,1-3H3. The van der Waals surface area contributed by atoms with E-state index in [1.807, 2.05) is 0 Å². The van der Waals surface area contributed by atoms with Crippen LogP contribution in [0, 0.1) is 5.92 Å². The van der Waals surface area contributed by atoms with Crippen LogP contribution in [0.5, 0.6) is 0 Å². The Kier molecular flexibility index (Phi) is 4.83. The minimum atomic E-state index is 0.506. The van der Waals surface area contributed by atoms with Crippen molar-refractivity contribution in [2.45, 2.75) is 57.7 Å². The van der Waals surface area contributed by atoms with Gasteiger partial charge in [0.1, 0.15) is 0 Å². The Morgan fingerprint density at radius 2 is 2.06 bits per heavy atom. The number of nitrogens with zero attached hydrogens (tertiary/aromatic N) is 1. The van der Waals surface area contributed by atoms with Gasteiger partial charge in [0.25, 0.3) is 0 Å². The van der Waals surface area contributed by atoms with E-state index >= 15 is 0 Å². The van der Waals surface area contributed by atoms with E-state index in [1.54, 1.807) is 7.11 Å². The summed E-state index contributed by atoms with van der Waals surface area (Å²) in [5, 5.41) is 3.85. The fourth-order valence-corrected chi connectivity index (χ4v) is 3.33. The number of hydrogen-bond donors (Lipinski definition) is 1. The Morgan fingerprint density at radius 1 is 1.24 bits per heavy atom. The number of nitrogens with one attached hydrogen (secondary N) is 1. The molecule has 0 amide bonds. The molecule has 2 aliphatic rings. The summed E-state index contributed by atoms with van der Waals surface area (Å²) in [6, 6.07) is 1.99. The predicted octanol–water partition coefficient (Wildman–Crippen LogP) is 1.87. The summed E-state index contributed by atoms with van der Waals surface area (Å²) < 4.78 is 5.34. The number of hydrogen-bond acceptors (Lipinski definition) is 3. The van der Waals surface area contributed by atoms with Crippen molar-refractivity contribution in [1.82, 2.24) is 10.2 Å². The summed E-state index contributed by atoms with van der Waals surface area (Å²) in [6.45, 7) is 8.01. The first kappa shape index (κ1) is 13.3. The highest BCUT2D eigenvalue weighted by Crippen LogP contribution is 2.27. The Balaban J connectivity index is 1.89. The molecule has 2 saturated heterocycles. The molecule has 3 unspecified atom stereocenters. The average molecular weight is 240 g/mol. The van der Waals surface area contributed by atoms with E-state index in [-0.39, 0.29) is 0 Å². The molecule has 0 saturated carbocycles. The minimum absolute atomic E-state index is 0.506. The van der Waals surface area contributed by atoms with E-state index in [0.717, 1.165) is 12.6 Å². The van der Waals surface area contributed by atoms with Crippen molar-refractivity contribution in [3.8, 4) is 0 Å². The van der Waals surface area contributed by atoms with Crippen molar-refractivity contribution in [2.75, 3.05) is 26.8 Å². The second-order valence-electron chi connectivity index (χ2n) is 5.97. The quantitative estimate of drug-likeness (QED) is 0.794. The molecule has 0 aliphatic carbocycles. The monoisotopic (exact) mass is 240 g/mol. The summed E-state index contributed by atoms with van der Waals surface area (Å²) in [5.74, 6) is 0.646. The van der Waals surface area contributed by atoms with Crippen LogP contribution < -0.4 is 5.32 Å². The third-order valence-electron chi connectivity index (χ3n) is 4.44. The van der Waals surface area contributed by atoms with Crippen LogP contribution in [0.2, 0.25) is 0 Å². The highest BCUT2D eigenvalue weighted by atomic mass is 16.5. The van der Waals surface area contributed by atoms with Crippen LogP contribution in [0.15, 0.2) is 0 Å². The summed E-state index contributed by atoms with van der Waals surface area (Å²) in [5.41, 5.74) is 0. The maximum absolute atomic E-state index is 5.34. The molecule has 3 atom stereocenters. The Morgan fingerprint density at radius 3 is 2.76 bits per heavy atom. The van der Waals surface area contributed by atoms with Gasteiger partial charge in [-0.1, -0.05) is 20.3 Å². The molecule has 3 heteroatoms. The van der Waals surface area contributed by atoms with Crippen LogP contribution in [0.4, 0.5) is 0 Å². The number of rotatable bonds is 5. The van der Waals surface area contributed by atoms with Gasteiger partial charge in [0.15, 0.2) is 0 Å².